The normalized spacial score (nSPS) is 16.0. The topological polar surface area (TPSA) is 63.9 Å². The number of pyridine rings is 2. The first-order valence-electron chi connectivity index (χ1n) is 9.60. The molecular formula is C21H21F2N5O. The summed E-state index contributed by atoms with van der Waals surface area (Å²) in [5.74, 6) is -3.06. The van der Waals surface area contributed by atoms with Crippen LogP contribution in [0.25, 0.3) is 17.1 Å². The number of alkyl halides is 2. The molecule has 0 unspecified atom stereocenters. The van der Waals surface area contributed by atoms with Crippen LogP contribution in [0.2, 0.25) is 0 Å². The Bertz CT molecular complexity index is 992. The molecule has 150 valence electrons. The van der Waals surface area contributed by atoms with Crippen LogP contribution in [0.1, 0.15) is 35.8 Å². The number of aromatic nitrogens is 4. The molecule has 1 aliphatic heterocycles. The number of hydrogen-bond donors (Lipinski definition) is 0. The number of piperidine rings is 1. The van der Waals surface area contributed by atoms with E-state index in [9.17, 15) is 13.6 Å². The summed E-state index contributed by atoms with van der Waals surface area (Å²) in [4.78, 5) is 23.0. The summed E-state index contributed by atoms with van der Waals surface area (Å²) in [5.41, 5.74) is 3.31. The first kappa shape index (κ1) is 19.2. The molecule has 3 aromatic heterocycles. The smallest absolute Gasteiger partial charge is 0.274 e. The Kier molecular flexibility index (Phi) is 5.08. The van der Waals surface area contributed by atoms with Gasteiger partial charge in [-0.15, -0.1) is 0 Å². The molecule has 1 aliphatic rings. The van der Waals surface area contributed by atoms with E-state index in [0.29, 0.717) is 17.1 Å². The lowest BCUT2D eigenvalue weighted by Gasteiger charge is -2.31. The van der Waals surface area contributed by atoms with E-state index in [1.54, 1.807) is 35.4 Å². The number of rotatable bonds is 4. The molecule has 6 nitrogen and oxygen atoms in total. The Morgan fingerprint density at radius 2 is 1.97 bits per heavy atom. The summed E-state index contributed by atoms with van der Waals surface area (Å²) in [5, 5.41) is 4.47. The molecule has 0 N–H and O–H groups in total. The zero-order valence-corrected chi connectivity index (χ0v) is 16.1. The van der Waals surface area contributed by atoms with Crippen molar-refractivity contribution in [3.8, 4) is 17.1 Å². The average molecular weight is 397 g/mol. The number of halogens is 2. The van der Waals surface area contributed by atoms with Crippen molar-refractivity contribution < 1.29 is 13.6 Å². The molecular weight excluding hydrogens is 376 g/mol. The average Bonchev–Trinajstić information content (AvgIpc) is 3.19. The van der Waals surface area contributed by atoms with Gasteiger partial charge in [0, 0.05) is 38.3 Å². The highest BCUT2D eigenvalue weighted by Crippen LogP contribution is 2.29. The van der Waals surface area contributed by atoms with Crippen LogP contribution in [0.4, 0.5) is 8.78 Å². The second-order valence-corrected chi connectivity index (χ2v) is 7.09. The predicted octanol–water partition coefficient (Wildman–Crippen LogP) is 3.76. The van der Waals surface area contributed by atoms with Crippen molar-refractivity contribution in [1.29, 1.82) is 0 Å². The summed E-state index contributed by atoms with van der Waals surface area (Å²) in [6.45, 7) is 2.09. The number of carbonyl (C=O) groups is 1. The number of hydrogen-bond acceptors (Lipinski definition) is 4. The van der Waals surface area contributed by atoms with Crippen molar-refractivity contribution in [2.75, 3.05) is 13.1 Å². The van der Waals surface area contributed by atoms with E-state index in [0.717, 1.165) is 12.0 Å². The minimum atomic E-state index is -2.71. The van der Waals surface area contributed by atoms with Gasteiger partial charge in [0.1, 0.15) is 0 Å². The summed E-state index contributed by atoms with van der Waals surface area (Å²) in [6.07, 6.45) is 5.32. The highest BCUT2D eigenvalue weighted by Gasteiger charge is 2.36. The van der Waals surface area contributed by atoms with Crippen molar-refractivity contribution in [3.63, 3.8) is 0 Å². The van der Waals surface area contributed by atoms with E-state index < -0.39 is 5.92 Å². The van der Waals surface area contributed by atoms with Crippen molar-refractivity contribution >= 4 is 5.91 Å². The number of likely N-dealkylation sites (tertiary alicyclic amines) is 1. The largest absolute Gasteiger partial charge is 0.337 e. The summed E-state index contributed by atoms with van der Waals surface area (Å²) in [7, 11) is 0. The molecule has 0 spiro atoms. The van der Waals surface area contributed by atoms with Gasteiger partial charge in [-0.25, -0.2) is 13.5 Å². The molecule has 4 heterocycles. The minimum Gasteiger partial charge on any atom is -0.337 e. The summed E-state index contributed by atoms with van der Waals surface area (Å²) in [6, 6.07) is 9.15. The maximum absolute atomic E-state index is 13.4. The number of aryl methyl sites for hydroxylation is 1. The Morgan fingerprint density at radius 1 is 1.17 bits per heavy atom. The number of carbonyl (C=O) groups excluding carboxylic acids is 1. The maximum Gasteiger partial charge on any atom is 0.274 e. The molecule has 0 atom stereocenters. The van der Waals surface area contributed by atoms with Crippen molar-refractivity contribution in [2.45, 2.75) is 32.1 Å². The van der Waals surface area contributed by atoms with E-state index in [1.807, 2.05) is 18.2 Å². The van der Waals surface area contributed by atoms with Crippen LogP contribution in [0.15, 0.2) is 48.9 Å². The van der Waals surface area contributed by atoms with Crippen molar-refractivity contribution in [2.24, 2.45) is 0 Å². The van der Waals surface area contributed by atoms with E-state index in [1.165, 1.54) is 4.90 Å². The quantitative estimate of drug-likeness (QED) is 0.672. The molecule has 8 heteroatoms. The molecule has 0 bridgehead atoms. The molecule has 1 amide bonds. The van der Waals surface area contributed by atoms with Crippen molar-refractivity contribution in [3.05, 3.63) is 60.2 Å². The van der Waals surface area contributed by atoms with Gasteiger partial charge >= 0.3 is 0 Å². The first-order valence-corrected chi connectivity index (χ1v) is 9.60. The third kappa shape index (κ3) is 4.01. The van der Waals surface area contributed by atoms with E-state index in [2.05, 4.69) is 22.0 Å². The SMILES string of the molecule is CCc1ccc(-c2cc(C(=O)N3CCC(F)(F)CC3)nn2-c2cccnc2)nc1. The third-order valence-corrected chi connectivity index (χ3v) is 5.10. The summed E-state index contributed by atoms with van der Waals surface area (Å²) < 4.78 is 28.5. The molecule has 0 radical (unpaired) electrons. The van der Waals surface area contributed by atoms with Gasteiger partial charge in [0.2, 0.25) is 0 Å². The Balaban J connectivity index is 1.70. The highest BCUT2D eigenvalue weighted by atomic mass is 19.3. The third-order valence-electron chi connectivity index (χ3n) is 5.10. The van der Waals surface area contributed by atoms with E-state index >= 15 is 0 Å². The van der Waals surface area contributed by atoms with Gasteiger partial charge in [-0.1, -0.05) is 13.0 Å². The van der Waals surface area contributed by atoms with Crippen molar-refractivity contribution in [1.82, 2.24) is 24.6 Å². The lowest BCUT2D eigenvalue weighted by molar-refractivity contribution is -0.0495. The lowest BCUT2D eigenvalue weighted by Crippen LogP contribution is -2.42. The fraction of sp³-hybridized carbons (Fsp3) is 0.333. The molecule has 0 saturated carbocycles. The molecule has 0 aliphatic carbocycles. The highest BCUT2D eigenvalue weighted by molar-refractivity contribution is 5.93. The van der Waals surface area contributed by atoms with Crippen LogP contribution in [0.5, 0.6) is 0 Å². The maximum atomic E-state index is 13.4. The van der Waals surface area contributed by atoms with Crippen LogP contribution in [-0.4, -0.2) is 49.6 Å². The fourth-order valence-corrected chi connectivity index (χ4v) is 3.33. The van der Waals surface area contributed by atoms with Gasteiger partial charge in [-0.05, 0) is 36.2 Å². The van der Waals surface area contributed by atoms with E-state index in [-0.39, 0.29) is 37.5 Å². The standard InChI is InChI=1S/C21H21F2N5O/c1-2-15-5-6-17(25-13-15)19-12-18(26-28(19)16-4-3-9-24-14-16)20(29)27-10-7-21(22,23)8-11-27/h3-6,9,12-14H,2,7-8,10-11H2,1H3. The van der Waals surface area contributed by atoms with Gasteiger partial charge in [-0.2, -0.15) is 5.10 Å². The molecule has 4 rings (SSSR count). The van der Waals surface area contributed by atoms with Gasteiger partial charge < -0.3 is 4.90 Å². The van der Waals surface area contributed by atoms with Gasteiger partial charge in [0.15, 0.2) is 5.69 Å². The first-order chi connectivity index (χ1) is 14.0. The Morgan fingerprint density at radius 3 is 2.59 bits per heavy atom. The van der Waals surface area contributed by atoms with Gasteiger partial charge in [-0.3, -0.25) is 14.8 Å². The zero-order valence-electron chi connectivity index (χ0n) is 16.1. The number of nitrogens with zero attached hydrogens (tertiary/aromatic N) is 5. The monoisotopic (exact) mass is 397 g/mol. The van der Waals surface area contributed by atoms with Crippen LogP contribution in [0, 0.1) is 0 Å². The van der Waals surface area contributed by atoms with Gasteiger partial charge in [0.05, 0.1) is 23.3 Å². The Labute approximate surface area is 167 Å². The van der Waals surface area contributed by atoms with Gasteiger partial charge in [0.25, 0.3) is 11.8 Å². The molecule has 1 saturated heterocycles. The molecule has 0 aromatic carbocycles. The molecule has 3 aromatic rings. The van der Waals surface area contributed by atoms with Crippen LogP contribution in [0.3, 0.4) is 0 Å². The van der Waals surface area contributed by atoms with E-state index in [4.69, 9.17) is 0 Å². The summed E-state index contributed by atoms with van der Waals surface area (Å²) >= 11 is 0. The van der Waals surface area contributed by atoms with Crippen LogP contribution < -0.4 is 0 Å². The second-order valence-electron chi connectivity index (χ2n) is 7.09. The second kappa shape index (κ2) is 7.69. The fourth-order valence-electron chi connectivity index (χ4n) is 3.33. The Hall–Kier alpha value is -3.16. The van der Waals surface area contributed by atoms with Crippen LogP contribution in [-0.2, 0) is 6.42 Å². The zero-order chi connectivity index (χ0) is 20.4. The minimum absolute atomic E-state index is 0.0182. The molecule has 29 heavy (non-hydrogen) atoms. The van der Waals surface area contributed by atoms with Crippen LogP contribution >= 0.6 is 0 Å². The predicted molar refractivity (Wildman–Crippen MR) is 104 cm³/mol. The number of amides is 1. The lowest BCUT2D eigenvalue weighted by atomic mass is 10.1. The molecule has 1 fully saturated rings.